The van der Waals surface area contributed by atoms with Crippen molar-refractivity contribution in [3.8, 4) is 11.1 Å². The largest absolute Gasteiger partial charge is 0.423 e. The van der Waals surface area contributed by atoms with Gasteiger partial charge in [-0.2, -0.15) is 4.98 Å². The maximum Gasteiger partial charge on any atom is 0.300 e. The van der Waals surface area contributed by atoms with E-state index in [1.807, 2.05) is 32.0 Å². The number of rotatable bonds is 5. The molecule has 3 aromatic heterocycles. The molecule has 0 bridgehead atoms. The minimum atomic E-state index is -0.410. The van der Waals surface area contributed by atoms with Crippen LogP contribution in [0.5, 0.6) is 0 Å². The van der Waals surface area contributed by atoms with Crippen LogP contribution in [0.4, 0.5) is 21.9 Å². The van der Waals surface area contributed by atoms with Crippen LogP contribution >= 0.6 is 0 Å². The molecule has 9 nitrogen and oxygen atoms in total. The van der Waals surface area contributed by atoms with Crippen molar-refractivity contribution in [2.75, 3.05) is 44.3 Å². The summed E-state index contributed by atoms with van der Waals surface area (Å²) < 4.78 is 23.7. The number of anilines is 3. The fourth-order valence-corrected chi connectivity index (χ4v) is 6.82. The number of aromatic nitrogens is 4. The topological polar surface area (TPSA) is 101 Å². The van der Waals surface area contributed by atoms with Crippen molar-refractivity contribution in [2.45, 2.75) is 51.6 Å². The van der Waals surface area contributed by atoms with E-state index in [0.717, 1.165) is 90.7 Å². The standard InChI is InChI=1S/C32H37FN8O/c1-19-14-20(2)29-27(15-19)38-32(42-29)37-26-9-4-21(16-25(26)33)24-17-41(31-28(24)30(34)35-18-36-31)23-7-5-22(6-8-23)40-12-10-39(3)11-13-40/h4,9,14-18,22-23H,5-8,10-13H2,1-3H3,(H,37,38)(H2,34,35,36). The Morgan fingerprint density at radius 3 is 2.50 bits per heavy atom. The summed E-state index contributed by atoms with van der Waals surface area (Å²) in [5, 5.41) is 3.78. The van der Waals surface area contributed by atoms with Crippen LogP contribution in [0.15, 0.2) is 47.3 Å². The fraction of sp³-hybridized carbons (Fsp3) is 0.406. The Kier molecular flexibility index (Phi) is 6.82. The van der Waals surface area contributed by atoms with Crippen LogP contribution in [-0.2, 0) is 0 Å². The van der Waals surface area contributed by atoms with Crippen molar-refractivity contribution in [1.29, 1.82) is 0 Å². The van der Waals surface area contributed by atoms with E-state index < -0.39 is 5.82 Å². The molecule has 4 heterocycles. The number of fused-ring (bicyclic) bond motifs is 2. The highest BCUT2D eigenvalue weighted by atomic mass is 19.1. The molecular weight excluding hydrogens is 531 g/mol. The maximum atomic E-state index is 15.5. The van der Waals surface area contributed by atoms with Gasteiger partial charge in [0.05, 0.1) is 11.1 Å². The summed E-state index contributed by atoms with van der Waals surface area (Å²) in [6.07, 6.45) is 8.08. The molecule has 0 radical (unpaired) electrons. The van der Waals surface area contributed by atoms with Crippen molar-refractivity contribution in [1.82, 2.24) is 29.3 Å². The smallest absolute Gasteiger partial charge is 0.300 e. The molecule has 0 unspecified atom stereocenters. The van der Waals surface area contributed by atoms with E-state index in [-0.39, 0.29) is 11.7 Å². The first-order valence-electron chi connectivity index (χ1n) is 14.8. The summed E-state index contributed by atoms with van der Waals surface area (Å²) in [5.74, 6) is -0.00807. The molecule has 1 saturated carbocycles. The van der Waals surface area contributed by atoms with Crippen LogP contribution in [0.1, 0.15) is 42.9 Å². The number of piperazine rings is 1. The molecule has 218 valence electrons. The number of nitrogens with two attached hydrogens (primary N) is 1. The van der Waals surface area contributed by atoms with Gasteiger partial charge < -0.3 is 24.9 Å². The second-order valence-electron chi connectivity index (χ2n) is 12.0. The number of nitrogens with one attached hydrogen (secondary N) is 1. The normalized spacial score (nSPS) is 20.5. The van der Waals surface area contributed by atoms with Crippen LogP contribution in [0.2, 0.25) is 0 Å². The van der Waals surface area contributed by atoms with E-state index in [2.05, 4.69) is 47.9 Å². The fourth-order valence-electron chi connectivity index (χ4n) is 6.82. The van der Waals surface area contributed by atoms with Gasteiger partial charge in [0.1, 0.15) is 29.1 Å². The molecule has 2 aliphatic rings. The molecular formula is C32H37FN8O. The Morgan fingerprint density at radius 1 is 0.976 bits per heavy atom. The summed E-state index contributed by atoms with van der Waals surface area (Å²) in [7, 11) is 2.20. The highest BCUT2D eigenvalue weighted by molar-refractivity contribution is 6.00. The monoisotopic (exact) mass is 568 g/mol. The molecule has 3 N–H and O–H groups in total. The number of benzene rings is 2. The van der Waals surface area contributed by atoms with Crippen molar-refractivity contribution in [3.05, 3.63) is 59.8 Å². The van der Waals surface area contributed by atoms with Crippen molar-refractivity contribution in [3.63, 3.8) is 0 Å². The molecule has 5 aromatic rings. The lowest BCUT2D eigenvalue weighted by molar-refractivity contribution is 0.0828. The van der Waals surface area contributed by atoms with E-state index >= 15 is 4.39 Å². The molecule has 10 heteroatoms. The molecule has 0 spiro atoms. The Morgan fingerprint density at radius 2 is 1.74 bits per heavy atom. The number of halogens is 1. The van der Waals surface area contributed by atoms with Crippen LogP contribution < -0.4 is 11.1 Å². The van der Waals surface area contributed by atoms with E-state index in [1.165, 1.54) is 12.4 Å². The third-order valence-corrected chi connectivity index (χ3v) is 9.09. The number of hydrogen-bond donors (Lipinski definition) is 2. The van der Waals surface area contributed by atoms with Crippen LogP contribution in [0.25, 0.3) is 33.3 Å². The van der Waals surface area contributed by atoms with E-state index in [9.17, 15) is 0 Å². The van der Waals surface area contributed by atoms with Crippen molar-refractivity contribution in [2.24, 2.45) is 0 Å². The lowest BCUT2D eigenvalue weighted by atomic mass is 9.89. The number of nitrogens with zero attached hydrogens (tertiary/aromatic N) is 6. The van der Waals surface area contributed by atoms with Crippen molar-refractivity contribution >= 4 is 39.7 Å². The van der Waals surface area contributed by atoms with Gasteiger partial charge in [-0.25, -0.2) is 14.4 Å². The zero-order chi connectivity index (χ0) is 29.0. The Labute approximate surface area is 244 Å². The first kappa shape index (κ1) is 26.9. The number of hydrogen-bond acceptors (Lipinski definition) is 8. The highest BCUT2D eigenvalue weighted by Crippen LogP contribution is 2.40. The van der Waals surface area contributed by atoms with Gasteiger partial charge >= 0.3 is 0 Å². The molecule has 1 aliphatic carbocycles. The van der Waals surface area contributed by atoms with Crippen LogP contribution in [-0.4, -0.2) is 68.6 Å². The van der Waals surface area contributed by atoms with Gasteiger partial charge in [0.2, 0.25) is 0 Å². The summed E-state index contributed by atoms with van der Waals surface area (Å²) in [5.41, 5.74) is 12.6. The second kappa shape index (κ2) is 10.7. The highest BCUT2D eigenvalue weighted by Gasteiger charge is 2.30. The number of oxazole rings is 1. The molecule has 7 rings (SSSR count). The average molecular weight is 569 g/mol. The van der Waals surface area contributed by atoms with E-state index in [1.54, 1.807) is 6.07 Å². The predicted molar refractivity (Wildman–Crippen MR) is 164 cm³/mol. The maximum absolute atomic E-state index is 15.5. The van der Waals surface area contributed by atoms with E-state index in [4.69, 9.17) is 10.2 Å². The zero-order valence-electron chi connectivity index (χ0n) is 24.4. The predicted octanol–water partition coefficient (Wildman–Crippen LogP) is 6.05. The van der Waals surface area contributed by atoms with Gasteiger partial charge in [-0.15, -0.1) is 0 Å². The quantitative estimate of drug-likeness (QED) is 0.264. The van der Waals surface area contributed by atoms with E-state index in [0.29, 0.717) is 23.5 Å². The third kappa shape index (κ3) is 4.88. The molecule has 42 heavy (non-hydrogen) atoms. The van der Waals surface area contributed by atoms with Gasteiger partial charge in [0.15, 0.2) is 5.58 Å². The molecule has 1 saturated heterocycles. The number of nitrogen functional groups attached to an aromatic ring is 1. The summed E-state index contributed by atoms with van der Waals surface area (Å²) >= 11 is 0. The summed E-state index contributed by atoms with van der Waals surface area (Å²) in [4.78, 5) is 18.5. The minimum Gasteiger partial charge on any atom is -0.423 e. The first-order chi connectivity index (χ1) is 20.3. The summed E-state index contributed by atoms with van der Waals surface area (Å²) in [6, 6.07) is 10.3. The Bertz CT molecular complexity index is 1760. The van der Waals surface area contributed by atoms with Crippen LogP contribution in [0, 0.1) is 19.7 Å². The Hall–Kier alpha value is -4.02. The number of likely N-dealkylation sites (N-methyl/N-ethyl adjacent to an activating group) is 1. The SMILES string of the molecule is Cc1cc(C)c2oc(Nc3ccc(-c4cn(C5CCC(N6CCN(C)CC6)CC5)c5ncnc(N)c45)cc3F)nc2c1. The zero-order valence-corrected chi connectivity index (χ0v) is 24.4. The second-order valence-corrected chi connectivity index (χ2v) is 12.0. The molecule has 0 amide bonds. The van der Waals surface area contributed by atoms with Crippen molar-refractivity contribution < 1.29 is 8.81 Å². The minimum absolute atomic E-state index is 0.256. The molecule has 2 aromatic carbocycles. The van der Waals surface area contributed by atoms with Crippen LogP contribution in [0.3, 0.4) is 0 Å². The average Bonchev–Trinajstić information content (AvgIpc) is 3.57. The van der Waals surface area contributed by atoms with Gasteiger partial charge in [-0.05, 0) is 81.5 Å². The lowest BCUT2D eigenvalue weighted by Crippen LogP contribution is -2.49. The molecule has 1 aliphatic heterocycles. The van der Waals surface area contributed by atoms with Gasteiger partial charge in [0.25, 0.3) is 6.01 Å². The third-order valence-electron chi connectivity index (χ3n) is 9.09. The lowest BCUT2D eigenvalue weighted by Gasteiger charge is -2.41. The summed E-state index contributed by atoms with van der Waals surface area (Å²) in [6.45, 7) is 8.57. The Balaban J connectivity index is 1.15. The van der Waals surface area contributed by atoms with Gasteiger partial charge in [0, 0.05) is 50.0 Å². The van der Waals surface area contributed by atoms with Gasteiger partial charge in [-0.1, -0.05) is 12.1 Å². The number of aryl methyl sites for hydroxylation is 2. The van der Waals surface area contributed by atoms with Gasteiger partial charge in [-0.3, -0.25) is 4.90 Å². The first-order valence-corrected chi connectivity index (χ1v) is 14.8. The molecule has 2 fully saturated rings. The molecule has 0 atom stereocenters.